The number of nitrogens with one attached hydrogen (secondary N) is 1. The molecule has 2 N–H and O–H groups in total. The Balaban J connectivity index is 1.29. The van der Waals surface area contributed by atoms with E-state index in [9.17, 15) is 14.7 Å². The number of carbonyl (C=O) groups is 2. The molecule has 27 heavy (non-hydrogen) atoms. The lowest BCUT2D eigenvalue weighted by Crippen LogP contribution is -2.58. The molecule has 6 nitrogen and oxygen atoms in total. The summed E-state index contributed by atoms with van der Waals surface area (Å²) in [7, 11) is 0. The minimum atomic E-state index is -0.821. The summed E-state index contributed by atoms with van der Waals surface area (Å²) in [5.74, 6) is 0.687. The number of rotatable bonds is 3. The lowest BCUT2D eigenvalue weighted by molar-refractivity contribution is -0.142. The van der Waals surface area contributed by atoms with Gasteiger partial charge < -0.3 is 20.1 Å². The van der Waals surface area contributed by atoms with Gasteiger partial charge >= 0.3 is 6.09 Å². The van der Waals surface area contributed by atoms with Crippen LogP contribution in [0.3, 0.4) is 0 Å². The number of ether oxygens (including phenoxy) is 1. The van der Waals surface area contributed by atoms with Crippen LogP contribution in [0.1, 0.15) is 56.6 Å². The molecule has 2 amide bonds. The molecule has 146 valence electrons. The Hall–Kier alpha value is -2.08. The molecular formula is C21H28N2O4. The molecule has 2 heterocycles. The summed E-state index contributed by atoms with van der Waals surface area (Å²) in [6.45, 7) is 5.53. The zero-order valence-electron chi connectivity index (χ0n) is 16.0. The number of cyclic esters (lactones) is 1. The second kappa shape index (κ2) is 6.51. The van der Waals surface area contributed by atoms with Gasteiger partial charge in [-0.2, -0.15) is 0 Å². The Morgan fingerprint density at radius 2 is 1.85 bits per heavy atom. The Bertz CT molecular complexity index is 724. The molecule has 0 bridgehead atoms. The molecule has 0 radical (unpaired) electrons. The van der Waals surface area contributed by atoms with E-state index < -0.39 is 5.60 Å². The van der Waals surface area contributed by atoms with Crippen LogP contribution in [0.4, 0.5) is 4.79 Å². The summed E-state index contributed by atoms with van der Waals surface area (Å²) in [4.78, 5) is 26.0. The molecule has 0 unspecified atom stereocenters. The number of nitrogens with zero attached hydrogens (tertiary/aromatic N) is 1. The topological polar surface area (TPSA) is 78.9 Å². The van der Waals surface area contributed by atoms with Gasteiger partial charge in [0.2, 0.25) is 5.91 Å². The quantitative estimate of drug-likeness (QED) is 0.855. The van der Waals surface area contributed by atoms with Crippen molar-refractivity contribution in [3.63, 3.8) is 0 Å². The third-order valence-electron chi connectivity index (χ3n) is 6.37. The van der Waals surface area contributed by atoms with Gasteiger partial charge in [-0.1, -0.05) is 24.3 Å². The zero-order valence-corrected chi connectivity index (χ0v) is 16.0. The smallest absolute Gasteiger partial charge is 0.407 e. The highest BCUT2D eigenvalue weighted by Gasteiger charge is 2.53. The van der Waals surface area contributed by atoms with Crippen LogP contribution in [0, 0.1) is 5.92 Å². The fourth-order valence-electron chi connectivity index (χ4n) is 4.62. The van der Waals surface area contributed by atoms with Gasteiger partial charge in [0.25, 0.3) is 0 Å². The van der Waals surface area contributed by atoms with Crippen LogP contribution in [-0.2, 0) is 15.1 Å². The standard InChI is InChI=1S/C21H28N2O4/c1-20(2,26)17-5-3-14(4-6-17)15-7-9-23(10-8-15)18(24)16-11-21(12-16)13-27-19(25)22-21/h3-6,15-16,26H,7-13H2,1-2H3,(H,22,25)/t16-,21+. The number of likely N-dealkylation sites (tertiary alicyclic amines) is 1. The fraction of sp³-hybridized carbons (Fsp3) is 0.619. The molecule has 6 heteroatoms. The van der Waals surface area contributed by atoms with Crippen LogP contribution in [0.2, 0.25) is 0 Å². The van der Waals surface area contributed by atoms with E-state index in [4.69, 9.17) is 4.74 Å². The minimum absolute atomic E-state index is 0.00891. The van der Waals surface area contributed by atoms with E-state index in [2.05, 4.69) is 17.4 Å². The molecule has 2 aliphatic heterocycles. The van der Waals surface area contributed by atoms with Gasteiger partial charge in [0, 0.05) is 19.0 Å². The number of alkyl carbamates (subject to hydrolysis) is 1. The van der Waals surface area contributed by atoms with Crippen molar-refractivity contribution in [2.24, 2.45) is 5.92 Å². The number of benzene rings is 1. The van der Waals surface area contributed by atoms with Gasteiger partial charge in [0.05, 0.1) is 11.1 Å². The van der Waals surface area contributed by atoms with Crippen molar-refractivity contribution in [2.45, 2.75) is 56.6 Å². The van der Waals surface area contributed by atoms with E-state index in [1.165, 1.54) is 5.56 Å². The van der Waals surface area contributed by atoms with Crippen LogP contribution in [-0.4, -0.2) is 47.2 Å². The summed E-state index contributed by atoms with van der Waals surface area (Å²) < 4.78 is 4.99. The molecule has 2 saturated heterocycles. The molecule has 0 aromatic heterocycles. The SMILES string of the molecule is CC(C)(O)c1ccc(C2CCN(C(=O)[C@H]3C[C@]4(COC(=O)N4)C3)CC2)cc1. The molecule has 1 aromatic carbocycles. The molecule has 1 aromatic rings. The van der Waals surface area contributed by atoms with E-state index in [0.29, 0.717) is 25.4 Å². The maximum absolute atomic E-state index is 12.7. The monoisotopic (exact) mass is 372 g/mol. The predicted octanol–water partition coefficient (Wildman–Crippen LogP) is 2.51. The third kappa shape index (κ3) is 3.55. The molecule has 1 saturated carbocycles. The van der Waals surface area contributed by atoms with Crippen molar-refractivity contribution in [3.8, 4) is 0 Å². The first-order chi connectivity index (χ1) is 12.8. The maximum Gasteiger partial charge on any atom is 0.407 e. The highest BCUT2D eigenvalue weighted by molar-refractivity contribution is 5.81. The number of piperidine rings is 1. The average Bonchev–Trinajstić information content (AvgIpc) is 3.02. The van der Waals surface area contributed by atoms with E-state index in [1.54, 1.807) is 13.8 Å². The molecule has 0 atom stereocenters. The molecule has 1 spiro atoms. The number of aliphatic hydroxyl groups is 1. The first-order valence-electron chi connectivity index (χ1n) is 9.82. The third-order valence-corrected chi connectivity index (χ3v) is 6.37. The molecule has 3 aliphatic rings. The molecule has 4 rings (SSSR count). The highest BCUT2D eigenvalue weighted by atomic mass is 16.6. The van der Waals surface area contributed by atoms with E-state index in [1.807, 2.05) is 17.0 Å². The lowest BCUT2D eigenvalue weighted by Gasteiger charge is -2.45. The zero-order chi connectivity index (χ0) is 19.2. The van der Waals surface area contributed by atoms with Crippen molar-refractivity contribution in [2.75, 3.05) is 19.7 Å². The van der Waals surface area contributed by atoms with Crippen molar-refractivity contribution >= 4 is 12.0 Å². The summed E-state index contributed by atoms with van der Waals surface area (Å²) in [5, 5.41) is 12.9. The normalized spacial score (nSPS) is 28.6. The maximum atomic E-state index is 12.7. The van der Waals surface area contributed by atoms with E-state index in [-0.39, 0.29) is 23.5 Å². The molecule has 1 aliphatic carbocycles. The van der Waals surface area contributed by atoms with Crippen molar-refractivity contribution in [1.29, 1.82) is 0 Å². The van der Waals surface area contributed by atoms with Gasteiger partial charge in [0.15, 0.2) is 0 Å². The van der Waals surface area contributed by atoms with Crippen LogP contribution < -0.4 is 5.32 Å². The van der Waals surface area contributed by atoms with Crippen LogP contribution in [0.5, 0.6) is 0 Å². The second-order valence-corrected chi connectivity index (χ2v) is 8.87. The number of hydrogen-bond acceptors (Lipinski definition) is 4. The van der Waals surface area contributed by atoms with Crippen molar-refractivity contribution < 1.29 is 19.4 Å². The summed E-state index contributed by atoms with van der Waals surface area (Å²) in [6, 6.07) is 8.21. The first kappa shape index (κ1) is 18.3. The Kier molecular flexibility index (Phi) is 4.41. The number of amides is 2. The van der Waals surface area contributed by atoms with E-state index >= 15 is 0 Å². The second-order valence-electron chi connectivity index (χ2n) is 8.87. The van der Waals surface area contributed by atoms with Gasteiger partial charge in [-0.25, -0.2) is 4.79 Å². The van der Waals surface area contributed by atoms with Gasteiger partial charge in [-0.05, 0) is 56.6 Å². The lowest BCUT2D eigenvalue weighted by atomic mass is 9.68. The number of carbonyl (C=O) groups excluding carboxylic acids is 2. The Labute approximate surface area is 159 Å². The first-order valence-corrected chi connectivity index (χ1v) is 9.82. The number of hydrogen-bond donors (Lipinski definition) is 2. The van der Waals surface area contributed by atoms with Crippen LogP contribution in [0.15, 0.2) is 24.3 Å². The van der Waals surface area contributed by atoms with Gasteiger partial charge in [-0.15, -0.1) is 0 Å². The van der Waals surface area contributed by atoms with Crippen molar-refractivity contribution in [3.05, 3.63) is 35.4 Å². The summed E-state index contributed by atoms with van der Waals surface area (Å²) in [5.41, 5.74) is 1.08. The van der Waals surface area contributed by atoms with Gasteiger partial charge in [-0.3, -0.25) is 4.79 Å². The summed E-state index contributed by atoms with van der Waals surface area (Å²) >= 11 is 0. The summed E-state index contributed by atoms with van der Waals surface area (Å²) in [6.07, 6.45) is 2.94. The van der Waals surface area contributed by atoms with Crippen LogP contribution >= 0.6 is 0 Å². The molecule has 3 fully saturated rings. The fourth-order valence-corrected chi connectivity index (χ4v) is 4.62. The predicted molar refractivity (Wildman–Crippen MR) is 100 cm³/mol. The van der Waals surface area contributed by atoms with Crippen molar-refractivity contribution in [1.82, 2.24) is 10.2 Å². The van der Waals surface area contributed by atoms with Gasteiger partial charge in [0.1, 0.15) is 6.61 Å². The largest absolute Gasteiger partial charge is 0.447 e. The Morgan fingerprint density at radius 1 is 1.22 bits per heavy atom. The van der Waals surface area contributed by atoms with Crippen LogP contribution in [0.25, 0.3) is 0 Å². The minimum Gasteiger partial charge on any atom is -0.447 e. The average molecular weight is 372 g/mol. The Morgan fingerprint density at radius 3 is 2.37 bits per heavy atom. The highest BCUT2D eigenvalue weighted by Crippen LogP contribution is 2.42. The molecular weight excluding hydrogens is 344 g/mol. The van der Waals surface area contributed by atoms with E-state index in [0.717, 1.165) is 31.5 Å².